The van der Waals surface area contributed by atoms with Crippen molar-refractivity contribution in [1.82, 2.24) is 24.8 Å². The van der Waals surface area contributed by atoms with Crippen molar-refractivity contribution < 1.29 is 4.79 Å². The molecule has 2 aromatic heterocycles. The van der Waals surface area contributed by atoms with Crippen LogP contribution in [0.25, 0.3) is 11.2 Å². The van der Waals surface area contributed by atoms with Crippen LogP contribution in [0.4, 0.5) is 5.82 Å². The normalized spacial score (nSPS) is 18.6. The van der Waals surface area contributed by atoms with Crippen LogP contribution in [0.2, 0.25) is 0 Å². The Balaban J connectivity index is 1.72. The molecule has 1 aliphatic rings. The average molecular weight is 344 g/mol. The lowest BCUT2D eigenvalue weighted by molar-refractivity contribution is -0.128. The monoisotopic (exact) mass is 344 g/mol. The van der Waals surface area contributed by atoms with Gasteiger partial charge in [0, 0.05) is 31.6 Å². The second-order valence-electron chi connectivity index (χ2n) is 7.81. The van der Waals surface area contributed by atoms with Gasteiger partial charge in [-0.2, -0.15) is 0 Å². The number of imidazole rings is 1. The van der Waals surface area contributed by atoms with Gasteiger partial charge in [0.15, 0.2) is 17.0 Å². The van der Waals surface area contributed by atoms with Crippen molar-refractivity contribution in [1.29, 1.82) is 0 Å². The molecule has 0 aliphatic carbocycles. The summed E-state index contributed by atoms with van der Waals surface area (Å²) in [5, 5.41) is 3.10. The van der Waals surface area contributed by atoms with E-state index >= 15 is 0 Å². The first-order valence-electron chi connectivity index (χ1n) is 9.09. The number of nitrogens with one attached hydrogen (secondary N) is 1. The first kappa shape index (κ1) is 17.6. The third-order valence-electron chi connectivity index (χ3n) is 4.77. The number of carbonyl (C=O) groups is 1. The Morgan fingerprint density at radius 1 is 1.32 bits per heavy atom. The Kier molecular flexibility index (Phi) is 4.92. The van der Waals surface area contributed by atoms with E-state index in [2.05, 4.69) is 32.1 Å². The number of carbonyl (C=O) groups excluding carboxylic acids is 1. The molecule has 1 N–H and O–H groups in total. The van der Waals surface area contributed by atoms with Crippen LogP contribution in [-0.4, -0.2) is 45.1 Å². The topological polar surface area (TPSA) is 75.9 Å². The Hall–Kier alpha value is -2.18. The average Bonchev–Trinajstić information content (AvgIpc) is 3.02. The Morgan fingerprint density at radius 3 is 2.84 bits per heavy atom. The van der Waals surface area contributed by atoms with Gasteiger partial charge in [0.05, 0.1) is 6.33 Å². The molecule has 1 unspecified atom stereocenters. The number of aromatic nitrogens is 4. The molecule has 0 bridgehead atoms. The molecule has 1 fully saturated rings. The molecular formula is C18H28N6O. The van der Waals surface area contributed by atoms with E-state index in [1.165, 1.54) is 0 Å². The molecular weight excluding hydrogens is 316 g/mol. The Bertz CT molecular complexity index is 748. The van der Waals surface area contributed by atoms with Gasteiger partial charge in [-0.1, -0.05) is 20.8 Å². The van der Waals surface area contributed by atoms with E-state index in [4.69, 9.17) is 0 Å². The molecule has 7 nitrogen and oxygen atoms in total. The van der Waals surface area contributed by atoms with Crippen molar-refractivity contribution in [3.05, 3.63) is 12.7 Å². The fourth-order valence-corrected chi connectivity index (χ4v) is 3.26. The van der Waals surface area contributed by atoms with Crippen molar-refractivity contribution in [3.8, 4) is 0 Å². The number of amides is 1. The second-order valence-corrected chi connectivity index (χ2v) is 7.81. The maximum atomic E-state index is 12.1. The van der Waals surface area contributed by atoms with Crippen LogP contribution in [-0.2, 0) is 11.3 Å². The fraction of sp³-hybridized carbons (Fsp3) is 0.667. The van der Waals surface area contributed by atoms with Crippen molar-refractivity contribution in [2.75, 3.05) is 24.5 Å². The van der Waals surface area contributed by atoms with Gasteiger partial charge in [-0.25, -0.2) is 15.0 Å². The summed E-state index contributed by atoms with van der Waals surface area (Å²) >= 11 is 0. The minimum Gasteiger partial charge on any atom is -0.355 e. The molecule has 1 amide bonds. The SMILES string of the molecule is CCn1cnc2c(N3CCCC(CNC(=O)C(C)(C)C)C3)ncnc21. The lowest BCUT2D eigenvalue weighted by Crippen LogP contribution is -2.43. The number of fused-ring (bicyclic) bond motifs is 1. The molecule has 0 aromatic carbocycles. The third kappa shape index (κ3) is 3.75. The fourth-order valence-electron chi connectivity index (χ4n) is 3.26. The molecule has 1 saturated heterocycles. The summed E-state index contributed by atoms with van der Waals surface area (Å²) in [7, 11) is 0. The largest absolute Gasteiger partial charge is 0.355 e. The Morgan fingerprint density at radius 2 is 2.12 bits per heavy atom. The number of nitrogens with zero attached hydrogens (tertiary/aromatic N) is 5. The molecule has 25 heavy (non-hydrogen) atoms. The van der Waals surface area contributed by atoms with Crippen LogP contribution in [0.15, 0.2) is 12.7 Å². The van der Waals surface area contributed by atoms with Gasteiger partial charge in [-0.3, -0.25) is 4.79 Å². The standard InChI is InChI=1S/C18H28N6O/c1-5-23-12-22-14-15(23)20-11-21-16(14)24-8-6-7-13(10-24)9-19-17(25)18(2,3)4/h11-13H,5-10H2,1-4H3,(H,19,25). The number of rotatable bonds is 4. The first-order chi connectivity index (χ1) is 11.9. The molecule has 3 heterocycles. The van der Waals surface area contributed by atoms with Crippen molar-refractivity contribution >= 4 is 22.9 Å². The van der Waals surface area contributed by atoms with Crippen molar-refractivity contribution in [2.45, 2.75) is 47.1 Å². The summed E-state index contributed by atoms with van der Waals surface area (Å²) in [5.41, 5.74) is 1.40. The Labute approximate surface area is 148 Å². The van der Waals surface area contributed by atoms with Gasteiger partial charge < -0.3 is 14.8 Å². The lowest BCUT2D eigenvalue weighted by atomic mass is 9.94. The van der Waals surface area contributed by atoms with E-state index in [0.29, 0.717) is 12.5 Å². The number of hydrogen-bond acceptors (Lipinski definition) is 5. The van der Waals surface area contributed by atoms with Gasteiger partial charge in [0.1, 0.15) is 6.33 Å². The highest BCUT2D eigenvalue weighted by Gasteiger charge is 2.26. The smallest absolute Gasteiger partial charge is 0.225 e. The number of piperidine rings is 1. The van der Waals surface area contributed by atoms with Crippen molar-refractivity contribution in [3.63, 3.8) is 0 Å². The minimum absolute atomic E-state index is 0.107. The highest BCUT2D eigenvalue weighted by Crippen LogP contribution is 2.26. The summed E-state index contributed by atoms with van der Waals surface area (Å²) in [6.07, 6.45) is 5.67. The summed E-state index contributed by atoms with van der Waals surface area (Å²) in [6, 6.07) is 0. The summed E-state index contributed by atoms with van der Waals surface area (Å²) < 4.78 is 2.03. The van der Waals surface area contributed by atoms with Crippen LogP contribution in [0, 0.1) is 11.3 Å². The molecule has 1 atom stereocenters. The summed E-state index contributed by atoms with van der Waals surface area (Å²) in [5.74, 6) is 1.44. The van der Waals surface area contributed by atoms with Gasteiger partial charge in [0.25, 0.3) is 0 Å². The van der Waals surface area contributed by atoms with E-state index in [0.717, 1.165) is 49.5 Å². The number of hydrogen-bond donors (Lipinski definition) is 1. The van der Waals surface area contributed by atoms with Gasteiger partial charge in [-0.05, 0) is 25.7 Å². The van der Waals surface area contributed by atoms with E-state index in [-0.39, 0.29) is 11.3 Å². The maximum absolute atomic E-state index is 12.1. The van der Waals surface area contributed by atoms with Gasteiger partial charge in [-0.15, -0.1) is 0 Å². The zero-order valence-electron chi connectivity index (χ0n) is 15.6. The predicted octanol–water partition coefficient (Wildman–Crippen LogP) is 2.22. The molecule has 136 valence electrons. The minimum atomic E-state index is -0.347. The zero-order chi connectivity index (χ0) is 18.0. The highest BCUT2D eigenvalue weighted by molar-refractivity contribution is 5.83. The maximum Gasteiger partial charge on any atom is 0.225 e. The van der Waals surface area contributed by atoms with E-state index in [1.54, 1.807) is 6.33 Å². The van der Waals surface area contributed by atoms with E-state index < -0.39 is 0 Å². The molecule has 0 spiro atoms. The molecule has 2 aromatic rings. The van der Waals surface area contributed by atoms with Gasteiger partial charge >= 0.3 is 0 Å². The van der Waals surface area contributed by atoms with Crippen molar-refractivity contribution in [2.24, 2.45) is 11.3 Å². The van der Waals surface area contributed by atoms with Crippen LogP contribution < -0.4 is 10.2 Å². The van der Waals surface area contributed by atoms with E-state index in [1.807, 2.05) is 31.7 Å². The summed E-state index contributed by atoms with van der Waals surface area (Å²) in [4.78, 5) is 27.8. The van der Waals surface area contributed by atoms with Crippen LogP contribution >= 0.6 is 0 Å². The van der Waals surface area contributed by atoms with Crippen LogP contribution in [0.1, 0.15) is 40.5 Å². The molecule has 0 radical (unpaired) electrons. The highest BCUT2D eigenvalue weighted by atomic mass is 16.2. The summed E-state index contributed by atoms with van der Waals surface area (Å²) in [6.45, 7) is 11.3. The lowest BCUT2D eigenvalue weighted by Gasteiger charge is -2.34. The quantitative estimate of drug-likeness (QED) is 0.920. The molecule has 3 rings (SSSR count). The second kappa shape index (κ2) is 6.98. The molecule has 0 saturated carbocycles. The van der Waals surface area contributed by atoms with E-state index in [9.17, 15) is 4.79 Å². The number of aryl methyl sites for hydroxylation is 1. The van der Waals surface area contributed by atoms with Crippen LogP contribution in [0.3, 0.4) is 0 Å². The number of anilines is 1. The van der Waals surface area contributed by atoms with Gasteiger partial charge in [0.2, 0.25) is 5.91 Å². The third-order valence-corrected chi connectivity index (χ3v) is 4.77. The predicted molar refractivity (Wildman–Crippen MR) is 98.4 cm³/mol. The first-order valence-corrected chi connectivity index (χ1v) is 9.09. The van der Waals surface area contributed by atoms with Crippen LogP contribution in [0.5, 0.6) is 0 Å². The molecule has 1 aliphatic heterocycles. The zero-order valence-corrected chi connectivity index (χ0v) is 15.6. The molecule has 7 heteroatoms.